The van der Waals surface area contributed by atoms with Crippen molar-refractivity contribution < 1.29 is 5.11 Å². The highest BCUT2D eigenvalue weighted by Crippen LogP contribution is 2.48. The zero-order valence-corrected chi connectivity index (χ0v) is 30.2. The van der Waals surface area contributed by atoms with Gasteiger partial charge >= 0.3 is 0 Å². The number of pyridine rings is 2. The van der Waals surface area contributed by atoms with Crippen LogP contribution in [-0.2, 0) is 5.41 Å². The van der Waals surface area contributed by atoms with Gasteiger partial charge in [0, 0.05) is 38.9 Å². The van der Waals surface area contributed by atoms with E-state index in [2.05, 4.69) is 165 Å². The molecule has 0 bridgehead atoms. The third-order valence-electron chi connectivity index (χ3n) is 11.4. The number of phenolic OH excluding ortho intramolecular Hbond substituents is 1. The zero-order valence-electron chi connectivity index (χ0n) is 30.2. The summed E-state index contributed by atoms with van der Waals surface area (Å²) >= 11 is 0. The molecule has 7 aromatic carbocycles. The average Bonchev–Trinajstić information content (AvgIpc) is 3.73. The third kappa shape index (κ3) is 4.37. The highest BCUT2D eigenvalue weighted by Gasteiger charge is 2.24. The normalized spacial score (nSPS) is 12.4. The van der Waals surface area contributed by atoms with Gasteiger partial charge in [0.15, 0.2) is 0 Å². The molecule has 11 aromatic rings. The summed E-state index contributed by atoms with van der Waals surface area (Å²) in [6, 6.07) is 51.5. The number of benzene rings is 7. The van der Waals surface area contributed by atoms with Crippen LogP contribution in [0.3, 0.4) is 0 Å². The van der Waals surface area contributed by atoms with Crippen molar-refractivity contribution in [3.05, 3.63) is 157 Å². The summed E-state index contributed by atoms with van der Waals surface area (Å²) < 4.78 is 2.33. The van der Waals surface area contributed by atoms with Crippen LogP contribution in [-0.4, -0.2) is 19.5 Å². The first kappa shape index (κ1) is 30.8. The topological polar surface area (TPSA) is 50.4 Å². The van der Waals surface area contributed by atoms with Gasteiger partial charge in [0.2, 0.25) is 0 Å². The zero-order chi connectivity index (χ0) is 36.3. The molecule has 0 atom stereocenters. The van der Waals surface area contributed by atoms with E-state index in [9.17, 15) is 5.11 Å². The number of aromatic nitrogens is 3. The number of aromatic hydroxyl groups is 1. The molecule has 0 radical (unpaired) electrons. The van der Waals surface area contributed by atoms with Gasteiger partial charge in [-0.3, -0.25) is 4.98 Å². The van der Waals surface area contributed by atoms with Crippen molar-refractivity contribution in [2.45, 2.75) is 26.2 Å². The van der Waals surface area contributed by atoms with Gasteiger partial charge in [-0.25, -0.2) is 4.98 Å². The van der Waals surface area contributed by atoms with E-state index in [1.165, 1.54) is 16.3 Å². The van der Waals surface area contributed by atoms with Gasteiger partial charge in [-0.15, -0.1) is 0 Å². The summed E-state index contributed by atoms with van der Waals surface area (Å²) in [6.45, 7) is 6.74. The van der Waals surface area contributed by atoms with Gasteiger partial charge in [-0.1, -0.05) is 112 Å². The lowest BCUT2D eigenvalue weighted by Gasteiger charge is -2.21. The van der Waals surface area contributed by atoms with Crippen LogP contribution >= 0.6 is 0 Å². The van der Waals surface area contributed by atoms with E-state index in [4.69, 9.17) is 9.97 Å². The number of hydrogen-bond acceptors (Lipinski definition) is 3. The van der Waals surface area contributed by atoms with Crippen LogP contribution < -0.4 is 0 Å². The fraction of sp³-hybridized carbons (Fsp3) is 0.0800. The Morgan fingerprint density at radius 1 is 0.481 bits per heavy atom. The largest absolute Gasteiger partial charge is 0.506 e. The quantitative estimate of drug-likeness (QED) is 0.187. The highest BCUT2D eigenvalue weighted by molar-refractivity contribution is 6.33. The average molecular weight is 694 g/mol. The molecule has 4 nitrogen and oxygen atoms in total. The van der Waals surface area contributed by atoms with Crippen molar-refractivity contribution in [2.75, 3.05) is 0 Å². The van der Waals surface area contributed by atoms with Gasteiger partial charge in [-0.05, 0) is 92.9 Å². The minimum atomic E-state index is -0.109. The molecule has 4 heteroatoms. The number of para-hydroxylation sites is 2. The molecule has 0 unspecified atom stereocenters. The number of nitrogens with zero attached hydrogens (tertiary/aromatic N) is 3. The number of hydrogen-bond donors (Lipinski definition) is 1. The van der Waals surface area contributed by atoms with E-state index in [1.54, 1.807) is 0 Å². The molecule has 0 saturated heterocycles. The van der Waals surface area contributed by atoms with E-state index in [-0.39, 0.29) is 11.2 Å². The number of phenols is 1. The Kier molecular flexibility index (Phi) is 6.34. The molecule has 256 valence electrons. The second-order valence-corrected chi connectivity index (χ2v) is 15.6. The van der Waals surface area contributed by atoms with Crippen LogP contribution in [0.5, 0.6) is 5.75 Å². The Morgan fingerprint density at radius 2 is 1.17 bits per heavy atom. The molecule has 0 aliphatic rings. The minimum Gasteiger partial charge on any atom is -0.506 e. The Labute approximate surface area is 311 Å². The summed E-state index contributed by atoms with van der Waals surface area (Å²) in [6.07, 6.45) is 1.90. The Balaban J connectivity index is 1.20. The van der Waals surface area contributed by atoms with E-state index >= 15 is 0 Å². The molecule has 11 rings (SSSR count). The molecular weight excluding hydrogens is 659 g/mol. The van der Waals surface area contributed by atoms with Crippen molar-refractivity contribution in [3.63, 3.8) is 0 Å². The molecule has 0 aliphatic carbocycles. The fourth-order valence-corrected chi connectivity index (χ4v) is 8.76. The second kappa shape index (κ2) is 11.1. The van der Waals surface area contributed by atoms with Gasteiger partial charge < -0.3 is 9.51 Å². The van der Waals surface area contributed by atoms with Gasteiger partial charge in [0.05, 0.1) is 44.2 Å². The first-order valence-corrected chi connectivity index (χ1v) is 18.6. The Bertz CT molecular complexity index is 3320. The van der Waals surface area contributed by atoms with Gasteiger partial charge in [0.1, 0.15) is 5.75 Å². The van der Waals surface area contributed by atoms with Gasteiger partial charge in [0.25, 0.3) is 0 Å². The minimum absolute atomic E-state index is 0.109. The second-order valence-electron chi connectivity index (χ2n) is 15.6. The van der Waals surface area contributed by atoms with Crippen LogP contribution in [0.25, 0.3) is 104 Å². The molecule has 1 N–H and O–H groups in total. The molecule has 4 heterocycles. The van der Waals surface area contributed by atoms with Crippen LogP contribution in [0, 0.1) is 0 Å². The third-order valence-corrected chi connectivity index (χ3v) is 11.4. The summed E-state index contributed by atoms with van der Waals surface area (Å²) in [5.74, 6) is 0.272. The highest BCUT2D eigenvalue weighted by atomic mass is 16.3. The van der Waals surface area contributed by atoms with Gasteiger partial charge in [-0.2, -0.15) is 0 Å². The Hall–Kier alpha value is -6.78. The van der Waals surface area contributed by atoms with Crippen molar-refractivity contribution in [3.8, 4) is 39.4 Å². The molecular formula is C50H35N3O. The number of rotatable bonds is 3. The molecule has 0 saturated carbocycles. The maximum atomic E-state index is 12.6. The molecule has 0 aliphatic heterocycles. The van der Waals surface area contributed by atoms with Crippen LogP contribution in [0.15, 0.2) is 152 Å². The SMILES string of the molecule is CC(C)(C)c1cc(-c2cc(-c3ccccc3)ccn2)cc(-c2ccc3c4ccccc4c4cc5c(c(O)c4c3n2)c2cccc3c4ccccc4n5c32)c1. The molecule has 54 heavy (non-hydrogen) atoms. The van der Waals surface area contributed by atoms with Crippen LogP contribution in [0.2, 0.25) is 0 Å². The number of fused-ring (bicyclic) bond motifs is 12. The smallest absolute Gasteiger partial charge is 0.135 e. The maximum absolute atomic E-state index is 12.6. The predicted molar refractivity (Wildman–Crippen MR) is 226 cm³/mol. The molecule has 0 fully saturated rings. The summed E-state index contributed by atoms with van der Waals surface area (Å²) in [4.78, 5) is 10.3. The molecule has 4 aromatic heterocycles. The lowest BCUT2D eigenvalue weighted by Crippen LogP contribution is -2.11. The first-order chi connectivity index (χ1) is 26.3. The van der Waals surface area contributed by atoms with Crippen molar-refractivity contribution in [2.24, 2.45) is 0 Å². The van der Waals surface area contributed by atoms with Crippen molar-refractivity contribution in [1.29, 1.82) is 0 Å². The van der Waals surface area contributed by atoms with Crippen LogP contribution in [0.1, 0.15) is 26.3 Å². The van der Waals surface area contributed by atoms with E-state index in [1.807, 2.05) is 12.3 Å². The fourth-order valence-electron chi connectivity index (χ4n) is 8.76. The van der Waals surface area contributed by atoms with E-state index in [0.717, 1.165) is 93.4 Å². The predicted octanol–water partition coefficient (Wildman–Crippen LogP) is 13.1. The summed E-state index contributed by atoms with van der Waals surface area (Å²) in [5.41, 5.74) is 11.3. The van der Waals surface area contributed by atoms with E-state index < -0.39 is 0 Å². The molecule has 0 spiro atoms. The van der Waals surface area contributed by atoms with Crippen molar-refractivity contribution in [1.82, 2.24) is 14.4 Å². The summed E-state index contributed by atoms with van der Waals surface area (Å²) in [7, 11) is 0. The van der Waals surface area contributed by atoms with E-state index in [0.29, 0.717) is 0 Å². The summed E-state index contributed by atoms with van der Waals surface area (Å²) in [5, 5.41) is 21.9. The van der Waals surface area contributed by atoms with Crippen LogP contribution in [0.4, 0.5) is 0 Å². The first-order valence-electron chi connectivity index (χ1n) is 18.6. The molecule has 0 amide bonds. The maximum Gasteiger partial charge on any atom is 0.135 e. The Morgan fingerprint density at radius 3 is 1.96 bits per heavy atom. The lowest BCUT2D eigenvalue weighted by atomic mass is 9.84. The monoisotopic (exact) mass is 693 g/mol. The standard InChI is InChI=1S/C50H35N3O/c1-50(2,3)33-25-31(24-32(26-33)42-27-30(22-23-51-42)29-12-5-4-6-13-29)41-21-20-37-34-14-7-8-15-35(34)40-28-44-45(49(54)46(40)47(37)52-41)39-18-11-17-38-36-16-9-10-19-43(36)53(44)48(38)39/h4-28,54H,1-3H3. The lowest BCUT2D eigenvalue weighted by molar-refractivity contribution is 0.488. The van der Waals surface area contributed by atoms with Crippen molar-refractivity contribution >= 4 is 70.5 Å².